The zero-order chi connectivity index (χ0) is 9.97. The number of nitrogens with zero attached hydrogens (tertiary/aromatic N) is 3. The van der Waals surface area contributed by atoms with E-state index in [2.05, 4.69) is 22.4 Å². The molecule has 14 heavy (non-hydrogen) atoms. The highest BCUT2D eigenvalue weighted by atomic mass is 32.1. The van der Waals surface area contributed by atoms with Gasteiger partial charge in [0.1, 0.15) is 0 Å². The van der Waals surface area contributed by atoms with Gasteiger partial charge in [0.05, 0.1) is 6.04 Å². The first-order valence-electron chi connectivity index (χ1n) is 5.31. The second-order valence-corrected chi connectivity index (χ2v) is 4.41. The van der Waals surface area contributed by atoms with Crippen LogP contribution in [-0.2, 0) is 0 Å². The van der Waals surface area contributed by atoms with Gasteiger partial charge in [0, 0.05) is 0 Å². The van der Waals surface area contributed by atoms with E-state index in [-0.39, 0.29) is 0 Å². The van der Waals surface area contributed by atoms with E-state index in [0.717, 1.165) is 5.92 Å². The highest BCUT2D eigenvalue weighted by Crippen LogP contribution is 2.33. The minimum absolute atomic E-state index is 0.496. The molecule has 2 atom stereocenters. The van der Waals surface area contributed by atoms with Gasteiger partial charge in [-0.2, -0.15) is 5.21 Å². The Bertz CT molecular complexity index is 343. The third-order valence-electron chi connectivity index (χ3n) is 3.19. The monoisotopic (exact) mass is 212 g/mol. The van der Waals surface area contributed by atoms with Gasteiger partial charge in [-0.3, -0.25) is 0 Å². The van der Waals surface area contributed by atoms with Crippen LogP contribution in [0.4, 0.5) is 0 Å². The molecule has 1 heterocycles. The molecule has 0 aliphatic heterocycles. The van der Waals surface area contributed by atoms with Crippen molar-refractivity contribution in [1.82, 2.24) is 20.2 Å². The van der Waals surface area contributed by atoms with Crippen molar-refractivity contribution >= 4 is 12.2 Å². The van der Waals surface area contributed by atoms with Crippen LogP contribution in [0, 0.1) is 10.7 Å². The number of rotatable bonds is 2. The lowest BCUT2D eigenvalue weighted by Gasteiger charge is -2.28. The predicted molar refractivity (Wildman–Crippen MR) is 56.5 cm³/mol. The molecule has 0 amide bonds. The quantitative estimate of drug-likeness (QED) is 0.766. The number of hydrogen-bond acceptors (Lipinski definition) is 3. The molecule has 2 rings (SSSR count). The summed E-state index contributed by atoms with van der Waals surface area (Å²) >= 11 is 5.10. The molecule has 1 saturated carbocycles. The summed E-state index contributed by atoms with van der Waals surface area (Å²) in [4.78, 5) is 0. The molecule has 1 fully saturated rings. The molecule has 0 spiro atoms. The van der Waals surface area contributed by atoms with Crippen LogP contribution in [0.15, 0.2) is 0 Å². The van der Waals surface area contributed by atoms with Crippen LogP contribution < -0.4 is 0 Å². The summed E-state index contributed by atoms with van der Waals surface area (Å²) in [6.07, 6.45) is 6.35. The largest absolute Gasteiger partial charge is 0.239 e. The molecule has 5 heteroatoms. The molecule has 1 aliphatic rings. The second kappa shape index (κ2) is 4.21. The number of hydrogen-bond donors (Lipinski definition) is 1. The first-order chi connectivity index (χ1) is 6.81. The summed E-state index contributed by atoms with van der Waals surface area (Å²) in [5, 5.41) is 10.4. The van der Waals surface area contributed by atoms with Gasteiger partial charge < -0.3 is 0 Å². The van der Waals surface area contributed by atoms with Gasteiger partial charge in [-0.1, -0.05) is 36.5 Å². The third-order valence-corrected chi connectivity index (χ3v) is 3.47. The number of nitrogens with one attached hydrogen (secondary N) is 1. The topological polar surface area (TPSA) is 46.5 Å². The zero-order valence-electron chi connectivity index (χ0n) is 8.44. The molecule has 1 N–H and O–H groups in total. The summed E-state index contributed by atoms with van der Waals surface area (Å²) < 4.78 is 2.53. The Balaban J connectivity index is 2.12. The SMILES string of the molecule is CCC1CCCC(n2[nH]nnc2=S)C1. The highest BCUT2D eigenvalue weighted by molar-refractivity contribution is 7.71. The molecule has 0 radical (unpaired) electrons. The maximum Gasteiger partial charge on any atom is 0.238 e. The minimum Gasteiger partial charge on any atom is -0.239 e. The maximum absolute atomic E-state index is 5.10. The van der Waals surface area contributed by atoms with E-state index in [1.54, 1.807) is 0 Å². The molecule has 0 saturated heterocycles. The molecule has 1 aromatic heterocycles. The summed E-state index contributed by atoms with van der Waals surface area (Å²) in [7, 11) is 0. The Hall–Kier alpha value is -0.710. The second-order valence-electron chi connectivity index (χ2n) is 4.05. The van der Waals surface area contributed by atoms with Crippen LogP contribution >= 0.6 is 12.2 Å². The smallest absolute Gasteiger partial charge is 0.238 e. The van der Waals surface area contributed by atoms with E-state index < -0.39 is 0 Å². The molecule has 0 bridgehead atoms. The van der Waals surface area contributed by atoms with Gasteiger partial charge in [-0.15, -0.1) is 0 Å². The summed E-state index contributed by atoms with van der Waals surface area (Å²) in [5.41, 5.74) is 0. The van der Waals surface area contributed by atoms with E-state index >= 15 is 0 Å². The first kappa shape index (κ1) is 9.83. The predicted octanol–water partition coefficient (Wildman–Crippen LogP) is 2.48. The highest BCUT2D eigenvalue weighted by Gasteiger charge is 2.22. The lowest BCUT2D eigenvalue weighted by Crippen LogP contribution is -2.20. The van der Waals surface area contributed by atoms with Gasteiger partial charge in [0.15, 0.2) is 0 Å². The minimum atomic E-state index is 0.496. The molecule has 1 aromatic rings. The number of tetrazole rings is 1. The van der Waals surface area contributed by atoms with Gasteiger partial charge in [0.25, 0.3) is 0 Å². The molecule has 0 aromatic carbocycles. The Labute approximate surface area is 88.7 Å². The Morgan fingerprint density at radius 1 is 1.57 bits per heavy atom. The molecule has 1 aliphatic carbocycles. The standard InChI is InChI=1S/C9H16N4S/c1-2-7-4-3-5-8(6-7)13-9(14)10-11-12-13/h7-8H,2-6H2,1H3,(H,10,12,14). The average molecular weight is 212 g/mol. The van der Waals surface area contributed by atoms with E-state index in [9.17, 15) is 0 Å². The molecule has 78 valence electrons. The van der Waals surface area contributed by atoms with E-state index in [4.69, 9.17) is 12.2 Å². The first-order valence-corrected chi connectivity index (χ1v) is 5.71. The van der Waals surface area contributed by atoms with Crippen LogP contribution in [0.5, 0.6) is 0 Å². The Morgan fingerprint density at radius 2 is 2.43 bits per heavy atom. The maximum atomic E-state index is 5.10. The van der Waals surface area contributed by atoms with Crippen LogP contribution in [0.3, 0.4) is 0 Å². The summed E-state index contributed by atoms with van der Waals surface area (Å²) in [6, 6.07) is 0.496. The molecule has 4 nitrogen and oxygen atoms in total. The fraction of sp³-hybridized carbons (Fsp3) is 0.889. The summed E-state index contributed by atoms with van der Waals surface area (Å²) in [5.74, 6) is 0.846. The van der Waals surface area contributed by atoms with Crippen molar-refractivity contribution in [1.29, 1.82) is 0 Å². The molecular formula is C9H16N4S. The van der Waals surface area contributed by atoms with Gasteiger partial charge in [-0.25, -0.2) is 4.68 Å². The number of aromatic nitrogens is 4. The Kier molecular flexibility index (Phi) is 2.96. The van der Waals surface area contributed by atoms with Crippen molar-refractivity contribution in [2.24, 2.45) is 5.92 Å². The average Bonchev–Trinajstić information content (AvgIpc) is 2.65. The Morgan fingerprint density at radius 3 is 3.07 bits per heavy atom. The number of aromatic amines is 1. The van der Waals surface area contributed by atoms with Gasteiger partial charge in [-0.05, 0) is 31.0 Å². The van der Waals surface area contributed by atoms with Crippen molar-refractivity contribution in [3.8, 4) is 0 Å². The molecule has 2 unspecified atom stereocenters. The van der Waals surface area contributed by atoms with Crippen molar-refractivity contribution < 1.29 is 0 Å². The lowest BCUT2D eigenvalue weighted by atomic mass is 9.84. The van der Waals surface area contributed by atoms with Crippen molar-refractivity contribution in [2.45, 2.75) is 45.1 Å². The van der Waals surface area contributed by atoms with Crippen molar-refractivity contribution in [3.05, 3.63) is 4.77 Å². The summed E-state index contributed by atoms with van der Waals surface area (Å²) in [6.45, 7) is 2.26. The van der Waals surface area contributed by atoms with Crippen LogP contribution in [-0.4, -0.2) is 20.2 Å². The van der Waals surface area contributed by atoms with E-state index in [1.807, 2.05) is 4.68 Å². The van der Waals surface area contributed by atoms with E-state index in [0.29, 0.717) is 10.8 Å². The van der Waals surface area contributed by atoms with Crippen molar-refractivity contribution in [2.75, 3.05) is 0 Å². The van der Waals surface area contributed by atoms with Crippen LogP contribution in [0.2, 0.25) is 0 Å². The van der Waals surface area contributed by atoms with Gasteiger partial charge >= 0.3 is 0 Å². The van der Waals surface area contributed by atoms with Crippen LogP contribution in [0.25, 0.3) is 0 Å². The molecular weight excluding hydrogens is 196 g/mol. The van der Waals surface area contributed by atoms with Crippen molar-refractivity contribution in [3.63, 3.8) is 0 Å². The van der Waals surface area contributed by atoms with Gasteiger partial charge in [0.2, 0.25) is 4.77 Å². The fourth-order valence-electron chi connectivity index (χ4n) is 2.31. The zero-order valence-corrected chi connectivity index (χ0v) is 9.26. The van der Waals surface area contributed by atoms with Crippen LogP contribution in [0.1, 0.15) is 45.1 Å². The fourth-order valence-corrected chi connectivity index (χ4v) is 2.54. The van der Waals surface area contributed by atoms with E-state index in [1.165, 1.54) is 32.1 Å². The lowest BCUT2D eigenvalue weighted by molar-refractivity contribution is 0.243. The normalized spacial score (nSPS) is 27.8. The number of H-pyrrole nitrogens is 1. The third kappa shape index (κ3) is 1.87.